The van der Waals surface area contributed by atoms with Gasteiger partial charge in [-0.1, -0.05) is 13.8 Å². The summed E-state index contributed by atoms with van der Waals surface area (Å²) in [6, 6.07) is 3.54. The van der Waals surface area contributed by atoms with Crippen LogP contribution in [0.2, 0.25) is 0 Å². The number of aromatic amines is 1. The van der Waals surface area contributed by atoms with Crippen molar-refractivity contribution in [1.82, 2.24) is 20.5 Å². The number of methoxy groups -OCH3 is 1. The van der Waals surface area contributed by atoms with Gasteiger partial charge in [0.05, 0.1) is 12.1 Å². The van der Waals surface area contributed by atoms with Gasteiger partial charge in [-0.05, 0) is 62.9 Å². The van der Waals surface area contributed by atoms with Gasteiger partial charge in [0, 0.05) is 36.8 Å². The van der Waals surface area contributed by atoms with Gasteiger partial charge >= 0.3 is 0 Å². The Morgan fingerprint density at radius 2 is 2.09 bits per heavy atom. The molecule has 2 aromatic rings. The number of ether oxygens (including phenoxy) is 1. The minimum Gasteiger partial charge on any atom is -0.379 e. The second-order valence-electron chi connectivity index (χ2n) is 8.78. The number of amides is 2. The number of nitrogens with zero attached hydrogens (tertiary/aromatic N) is 1. The topological polar surface area (TPSA) is 86.5 Å². The van der Waals surface area contributed by atoms with E-state index in [2.05, 4.69) is 22.5 Å². The molecule has 2 heterocycles. The van der Waals surface area contributed by atoms with Crippen LogP contribution in [0.25, 0.3) is 10.9 Å². The molecule has 0 saturated carbocycles. The fraction of sp³-hybridized carbons (Fsp3) is 0.583. The van der Waals surface area contributed by atoms with Gasteiger partial charge in [-0.3, -0.25) is 9.59 Å². The summed E-state index contributed by atoms with van der Waals surface area (Å²) in [4.78, 5) is 31.2. The number of likely N-dealkylation sites (N-methyl/N-ethyl adjacent to an activating group) is 1. The quantitative estimate of drug-likeness (QED) is 0.553. The number of nitrogens with one attached hydrogen (secondary N) is 3. The molecule has 0 spiro atoms. The summed E-state index contributed by atoms with van der Waals surface area (Å²) in [5.74, 6) is -0.330. The summed E-state index contributed by atoms with van der Waals surface area (Å²) in [6.45, 7) is 8.94. The van der Waals surface area contributed by atoms with Crippen molar-refractivity contribution in [3.8, 4) is 0 Å². The van der Waals surface area contributed by atoms with Crippen molar-refractivity contribution in [2.45, 2.75) is 64.8 Å². The lowest BCUT2D eigenvalue weighted by molar-refractivity contribution is -0.141. The summed E-state index contributed by atoms with van der Waals surface area (Å²) in [5.41, 5.74) is 1.80. The SMILES string of the molecule is CCN[C@@H](C)C(=O)N[C@H](C(=O)N1CCC(C)[C@@H]1Cc1c[nH]c2cc(F)ccc12)C(C)OC. The van der Waals surface area contributed by atoms with Crippen LogP contribution in [0.3, 0.4) is 0 Å². The lowest BCUT2D eigenvalue weighted by Gasteiger charge is -2.33. The average Bonchev–Trinajstić information content (AvgIpc) is 3.34. The zero-order chi connectivity index (χ0) is 23.4. The lowest BCUT2D eigenvalue weighted by Crippen LogP contribution is -2.58. The molecule has 1 saturated heterocycles. The van der Waals surface area contributed by atoms with Gasteiger partial charge in [0.25, 0.3) is 0 Å². The van der Waals surface area contributed by atoms with Gasteiger partial charge in [0.1, 0.15) is 11.9 Å². The predicted molar refractivity (Wildman–Crippen MR) is 123 cm³/mol. The Morgan fingerprint density at radius 1 is 1.34 bits per heavy atom. The van der Waals surface area contributed by atoms with E-state index in [4.69, 9.17) is 4.74 Å². The number of hydrogen-bond donors (Lipinski definition) is 3. The highest BCUT2D eigenvalue weighted by Crippen LogP contribution is 2.30. The van der Waals surface area contributed by atoms with Gasteiger partial charge in [0.15, 0.2) is 0 Å². The Morgan fingerprint density at radius 3 is 2.78 bits per heavy atom. The Hall–Kier alpha value is -2.45. The molecule has 32 heavy (non-hydrogen) atoms. The zero-order valence-electron chi connectivity index (χ0n) is 19.6. The summed E-state index contributed by atoms with van der Waals surface area (Å²) >= 11 is 0. The molecule has 7 nitrogen and oxygen atoms in total. The fourth-order valence-electron chi connectivity index (χ4n) is 4.52. The normalized spacial score (nSPS) is 21.5. The number of benzene rings is 1. The molecule has 176 valence electrons. The molecule has 3 rings (SSSR count). The Labute approximate surface area is 189 Å². The van der Waals surface area contributed by atoms with Crippen LogP contribution in [0.4, 0.5) is 4.39 Å². The molecule has 2 unspecified atom stereocenters. The molecule has 5 atom stereocenters. The van der Waals surface area contributed by atoms with Gasteiger partial charge < -0.3 is 25.3 Å². The van der Waals surface area contributed by atoms with Crippen LogP contribution in [-0.4, -0.2) is 66.1 Å². The summed E-state index contributed by atoms with van der Waals surface area (Å²) in [5, 5.41) is 6.93. The van der Waals surface area contributed by atoms with E-state index in [1.807, 2.05) is 18.0 Å². The molecule has 1 fully saturated rings. The van der Waals surface area contributed by atoms with Crippen LogP contribution >= 0.6 is 0 Å². The molecular formula is C24H35FN4O3. The van der Waals surface area contributed by atoms with Gasteiger partial charge in [-0.2, -0.15) is 0 Å². The number of carbonyl (C=O) groups is 2. The van der Waals surface area contributed by atoms with Crippen molar-refractivity contribution in [2.24, 2.45) is 5.92 Å². The lowest BCUT2D eigenvalue weighted by atomic mass is 9.95. The van der Waals surface area contributed by atoms with Crippen LogP contribution in [0.15, 0.2) is 24.4 Å². The molecule has 3 N–H and O–H groups in total. The summed E-state index contributed by atoms with van der Waals surface area (Å²) < 4.78 is 19.0. The highest BCUT2D eigenvalue weighted by Gasteiger charge is 2.40. The number of carbonyl (C=O) groups excluding carboxylic acids is 2. The first-order valence-corrected chi connectivity index (χ1v) is 11.4. The van der Waals surface area contributed by atoms with Gasteiger partial charge in [-0.25, -0.2) is 4.39 Å². The largest absolute Gasteiger partial charge is 0.379 e. The Kier molecular flexibility index (Phi) is 7.90. The maximum absolute atomic E-state index is 13.6. The van der Waals surface area contributed by atoms with Crippen LogP contribution in [0.1, 0.15) is 39.7 Å². The second-order valence-corrected chi connectivity index (χ2v) is 8.78. The van der Waals surface area contributed by atoms with Crippen LogP contribution in [-0.2, 0) is 20.7 Å². The average molecular weight is 447 g/mol. The van der Waals surface area contributed by atoms with E-state index in [0.717, 1.165) is 22.9 Å². The maximum Gasteiger partial charge on any atom is 0.248 e. The van der Waals surface area contributed by atoms with Crippen LogP contribution in [0, 0.1) is 11.7 Å². The smallest absolute Gasteiger partial charge is 0.248 e. The van der Waals surface area contributed by atoms with Gasteiger partial charge in [-0.15, -0.1) is 0 Å². The molecule has 0 radical (unpaired) electrons. The Bertz CT molecular complexity index is 946. The van der Waals surface area contributed by atoms with E-state index in [1.54, 1.807) is 27.0 Å². The first-order valence-electron chi connectivity index (χ1n) is 11.4. The summed E-state index contributed by atoms with van der Waals surface area (Å²) in [6.07, 6.45) is 2.98. The highest BCUT2D eigenvalue weighted by atomic mass is 19.1. The molecule has 1 aromatic heterocycles. The van der Waals surface area contributed by atoms with Crippen molar-refractivity contribution >= 4 is 22.7 Å². The summed E-state index contributed by atoms with van der Waals surface area (Å²) in [7, 11) is 1.54. The number of hydrogen-bond acceptors (Lipinski definition) is 4. The predicted octanol–water partition coefficient (Wildman–Crippen LogP) is 2.60. The second kappa shape index (κ2) is 10.4. The standard InChI is InChI=1S/C24H35FN4O3/c1-6-26-15(3)23(30)28-22(16(4)32-5)24(31)29-10-9-14(2)21(29)11-17-13-27-20-12-18(25)7-8-19(17)20/h7-8,12-16,21-22,26-27H,6,9-11H2,1-5H3,(H,28,30)/t14?,15-,16?,21-,22-/m0/s1. The molecule has 0 aliphatic carbocycles. The third kappa shape index (κ3) is 5.13. The Balaban J connectivity index is 1.80. The number of rotatable bonds is 9. The van der Waals surface area contributed by atoms with Crippen molar-refractivity contribution in [1.29, 1.82) is 0 Å². The number of fused-ring (bicyclic) bond motifs is 1. The van der Waals surface area contributed by atoms with Crippen LogP contribution < -0.4 is 10.6 Å². The van der Waals surface area contributed by atoms with Crippen molar-refractivity contribution in [3.63, 3.8) is 0 Å². The third-order valence-electron chi connectivity index (χ3n) is 6.63. The maximum atomic E-state index is 13.6. The van der Waals surface area contributed by atoms with E-state index < -0.39 is 18.2 Å². The monoisotopic (exact) mass is 446 g/mol. The number of likely N-dealkylation sites (tertiary alicyclic amines) is 1. The van der Waals surface area contributed by atoms with Crippen LogP contribution in [0.5, 0.6) is 0 Å². The van der Waals surface area contributed by atoms with E-state index in [0.29, 0.717) is 25.4 Å². The fourth-order valence-corrected chi connectivity index (χ4v) is 4.52. The number of aromatic nitrogens is 1. The zero-order valence-corrected chi connectivity index (χ0v) is 19.6. The van der Waals surface area contributed by atoms with Crippen molar-refractivity contribution in [3.05, 3.63) is 35.8 Å². The van der Waals surface area contributed by atoms with E-state index >= 15 is 0 Å². The van der Waals surface area contributed by atoms with E-state index in [9.17, 15) is 14.0 Å². The highest BCUT2D eigenvalue weighted by molar-refractivity contribution is 5.90. The number of halogens is 1. The van der Waals surface area contributed by atoms with Gasteiger partial charge in [0.2, 0.25) is 11.8 Å². The molecule has 2 amide bonds. The third-order valence-corrected chi connectivity index (χ3v) is 6.63. The molecule has 1 aliphatic heterocycles. The number of H-pyrrole nitrogens is 1. The molecule has 0 bridgehead atoms. The molecule has 1 aliphatic rings. The van der Waals surface area contributed by atoms with Crippen molar-refractivity contribution in [2.75, 3.05) is 20.2 Å². The minimum atomic E-state index is -0.765. The minimum absolute atomic E-state index is 0.0128. The molecular weight excluding hydrogens is 411 g/mol. The molecule has 1 aromatic carbocycles. The van der Waals surface area contributed by atoms with Crippen molar-refractivity contribution < 1.29 is 18.7 Å². The van der Waals surface area contributed by atoms with E-state index in [1.165, 1.54) is 12.1 Å². The molecule has 8 heteroatoms. The first kappa shape index (κ1) is 24.2. The first-order chi connectivity index (χ1) is 15.3. The van der Waals surface area contributed by atoms with E-state index in [-0.39, 0.29) is 23.7 Å².